The van der Waals surface area contributed by atoms with E-state index >= 15 is 0 Å². The fraction of sp³-hybridized carbons (Fsp3) is 1.00. The second-order valence-corrected chi connectivity index (χ2v) is 4.93. The Labute approximate surface area is 105 Å². The molecule has 15 heavy (non-hydrogen) atoms. The van der Waals surface area contributed by atoms with Crippen LogP contribution in [-0.2, 0) is 0 Å². The van der Waals surface area contributed by atoms with Crippen LogP contribution in [0.15, 0.2) is 0 Å². The number of β-amino-alcohol motifs (C(OH)–C–C–N with tert-alkyl or cyclic N) is 1. The Kier molecular flexibility index (Phi) is 9.14. The molecule has 0 aromatic carbocycles. The first-order valence-corrected chi connectivity index (χ1v) is 5.11. The predicted octanol–water partition coefficient (Wildman–Crippen LogP) is 1.14. The number of halogens is 2. The SMILES string of the molecule is CC(C)(C)C(O)CN1CCNCC1.Cl.Cl. The first-order chi connectivity index (χ1) is 6.00. The molecule has 1 atom stereocenters. The van der Waals surface area contributed by atoms with E-state index in [-0.39, 0.29) is 36.3 Å². The predicted molar refractivity (Wildman–Crippen MR) is 69.3 cm³/mol. The molecule has 1 fully saturated rings. The molecule has 0 radical (unpaired) electrons. The van der Waals surface area contributed by atoms with Crippen LogP contribution in [0.4, 0.5) is 0 Å². The minimum Gasteiger partial charge on any atom is -0.391 e. The smallest absolute Gasteiger partial charge is 0.0715 e. The maximum atomic E-state index is 9.88. The number of rotatable bonds is 2. The lowest BCUT2D eigenvalue weighted by atomic mass is 9.89. The van der Waals surface area contributed by atoms with E-state index in [1.807, 2.05) is 0 Å². The van der Waals surface area contributed by atoms with Crippen molar-refractivity contribution < 1.29 is 5.11 Å². The summed E-state index contributed by atoms with van der Waals surface area (Å²) in [6, 6.07) is 0. The molecular weight excluding hydrogens is 235 g/mol. The number of aliphatic hydroxyl groups excluding tert-OH is 1. The maximum Gasteiger partial charge on any atom is 0.0715 e. The topological polar surface area (TPSA) is 35.5 Å². The van der Waals surface area contributed by atoms with Gasteiger partial charge in [-0.2, -0.15) is 0 Å². The van der Waals surface area contributed by atoms with Gasteiger partial charge in [0.25, 0.3) is 0 Å². The van der Waals surface area contributed by atoms with Gasteiger partial charge in [-0.3, -0.25) is 4.90 Å². The molecule has 1 aliphatic rings. The number of hydrogen-bond acceptors (Lipinski definition) is 3. The van der Waals surface area contributed by atoms with Crippen molar-refractivity contribution in [3.63, 3.8) is 0 Å². The Hall–Kier alpha value is 0.460. The Morgan fingerprint density at radius 1 is 1.20 bits per heavy atom. The van der Waals surface area contributed by atoms with Gasteiger partial charge in [-0.05, 0) is 5.41 Å². The molecule has 0 aliphatic carbocycles. The zero-order chi connectivity index (χ0) is 9.90. The monoisotopic (exact) mass is 258 g/mol. The van der Waals surface area contributed by atoms with Crippen LogP contribution in [0.1, 0.15) is 20.8 Å². The minimum absolute atomic E-state index is 0. The number of nitrogens with one attached hydrogen (secondary N) is 1. The number of hydrogen-bond donors (Lipinski definition) is 2. The zero-order valence-corrected chi connectivity index (χ0v) is 11.5. The first-order valence-electron chi connectivity index (χ1n) is 5.11. The van der Waals surface area contributed by atoms with Crippen LogP contribution in [-0.4, -0.2) is 48.8 Å². The molecule has 0 aromatic heterocycles. The molecule has 5 heteroatoms. The Balaban J connectivity index is 0. The largest absolute Gasteiger partial charge is 0.391 e. The molecule has 1 heterocycles. The van der Waals surface area contributed by atoms with E-state index in [9.17, 15) is 5.11 Å². The lowest BCUT2D eigenvalue weighted by Crippen LogP contribution is -2.48. The van der Waals surface area contributed by atoms with Gasteiger partial charge < -0.3 is 10.4 Å². The van der Waals surface area contributed by atoms with Crippen molar-refractivity contribution in [1.29, 1.82) is 0 Å². The van der Waals surface area contributed by atoms with Crippen LogP contribution in [0, 0.1) is 5.41 Å². The third kappa shape index (κ3) is 6.59. The van der Waals surface area contributed by atoms with Crippen LogP contribution in [0.3, 0.4) is 0 Å². The molecule has 1 aliphatic heterocycles. The first kappa shape index (κ1) is 17.8. The Bertz CT molecular complexity index is 156. The van der Waals surface area contributed by atoms with Crippen molar-refractivity contribution in [1.82, 2.24) is 10.2 Å². The van der Waals surface area contributed by atoms with E-state index in [0.29, 0.717) is 0 Å². The molecule has 0 spiro atoms. The zero-order valence-electron chi connectivity index (χ0n) is 9.82. The van der Waals surface area contributed by atoms with E-state index in [0.717, 1.165) is 32.7 Å². The number of aliphatic hydroxyl groups is 1. The fourth-order valence-electron chi connectivity index (χ4n) is 1.41. The third-order valence-electron chi connectivity index (χ3n) is 2.64. The molecular formula is C10H24Cl2N2O. The summed E-state index contributed by atoms with van der Waals surface area (Å²) in [4.78, 5) is 2.33. The summed E-state index contributed by atoms with van der Waals surface area (Å²) in [5, 5.41) is 13.2. The summed E-state index contributed by atoms with van der Waals surface area (Å²) >= 11 is 0. The van der Waals surface area contributed by atoms with E-state index < -0.39 is 0 Å². The van der Waals surface area contributed by atoms with Gasteiger partial charge in [0.1, 0.15) is 0 Å². The van der Waals surface area contributed by atoms with Crippen molar-refractivity contribution in [2.75, 3.05) is 32.7 Å². The van der Waals surface area contributed by atoms with Gasteiger partial charge in [0.05, 0.1) is 6.10 Å². The van der Waals surface area contributed by atoms with Crippen molar-refractivity contribution in [2.24, 2.45) is 5.41 Å². The van der Waals surface area contributed by atoms with Gasteiger partial charge in [0, 0.05) is 32.7 Å². The van der Waals surface area contributed by atoms with Gasteiger partial charge in [-0.15, -0.1) is 24.8 Å². The highest BCUT2D eigenvalue weighted by Gasteiger charge is 2.24. The lowest BCUT2D eigenvalue weighted by molar-refractivity contribution is 0.0254. The summed E-state index contributed by atoms with van der Waals surface area (Å²) in [6.45, 7) is 11.3. The fourth-order valence-corrected chi connectivity index (χ4v) is 1.41. The van der Waals surface area contributed by atoms with Gasteiger partial charge in [-0.1, -0.05) is 20.8 Å². The van der Waals surface area contributed by atoms with Gasteiger partial charge in [0.2, 0.25) is 0 Å². The lowest BCUT2D eigenvalue weighted by Gasteiger charge is -2.34. The Morgan fingerprint density at radius 2 is 1.67 bits per heavy atom. The van der Waals surface area contributed by atoms with Crippen molar-refractivity contribution in [3.05, 3.63) is 0 Å². The van der Waals surface area contributed by atoms with E-state index in [2.05, 4.69) is 31.0 Å². The second kappa shape index (κ2) is 7.69. The van der Waals surface area contributed by atoms with Crippen molar-refractivity contribution in [2.45, 2.75) is 26.9 Å². The number of nitrogens with zero attached hydrogens (tertiary/aromatic N) is 1. The molecule has 1 unspecified atom stereocenters. The van der Waals surface area contributed by atoms with Crippen molar-refractivity contribution in [3.8, 4) is 0 Å². The molecule has 2 N–H and O–H groups in total. The highest BCUT2D eigenvalue weighted by Crippen LogP contribution is 2.19. The third-order valence-corrected chi connectivity index (χ3v) is 2.64. The molecule has 0 saturated carbocycles. The average molecular weight is 259 g/mol. The minimum atomic E-state index is -0.217. The second-order valence-electron chi connectivity index (χ2n) is 4.93. The van der Waals surface area contributed by atoms with E-state index in [4.69, 9.17) is 0 Å². The van der Waals surface area contributed by atoms with Crippen LogP contribution >= 0.6 is 24.8 Å². The molecule has 0 aromatic rings. The maximum absolute atomic E-state index is 9.88. The molecule has 3 nitrogen and oxygen atoms in total. The molecule has 0 bridgehead atoms. The summed E-state index contributed by atoms with van der Waals surface area (Å²) in [5.41, 5.74) is 0.00484. The summed E-state index contributed by atoms with van der Waals surface area (Å²) in [5.74, 6) is 0. The van der Waals surface area contributed by atoms with Crippen LogP contribution in [0.5, 0.6) is 0 Å². The molecule has 1 saturated heterocycles. The van der Waals surface area contributed by atoms with Crippen LogP contribution in [0.2, 0.25) is 0 Å². The van der Waals surface area contributed by atoms with Gasteiger partial charge in [0.15, 0.2) is 0 Å². The molecule has 94 valence electrons. The van der Waals surface area contributed by atoms with E-state index in [1.165, 1.54) is 0 Å². The molecule has 1 rings (SSSR count). The summed E-state index contributed by atoms with van der Waals surface area (Å²) in [6.07, 6.45) is -0.217. The quantitative estimate of drug-likeness (QED) is 0.780. The van der Waals surface area contributed by atoms with E-state index in [1.54, 1.807) is 0 Å². The number of piperazine rings is 1. The van der Waals surface area contributed by atoms with Crippen molar-refractivity contribution >= 4 is 24.8 Å². The van der Waals surface area contributed by atoms with Gasteiger partial charge in [-0.25, -0.2) is 0 Å². The summed E-state index contributed by atoms with van der Waals surface area (Å²) < 4.78 is 0. The highest BCUT2D eigenvalue weighted by molar-refractivity contribution is 5.85. The highest BCUT2D eigenvalue weighted by atomic mass is 35.5. The Morgan fingerprint density at radius 3 is 2.07 bits per heavy atom. The van der Waals surface area contributed by atoms with Gasteiger partial charge >= 0.3 is 0 Å². The average Bonchev–Trinajstić information content (AvgIpc) is 2.04. The normalized spacial score (nSPS) is 20.0. The van der Waals surface area contributed by atoms with Crippen LogP contribution in [0.25, 0.3) is 0 Å². The van der Waals surface area contributed by atoms with Crippen LogP contribution < -0.4 is 5.32 Å². The molecule has 0 amide bonds. The standard InChI is InChI=1S/C10H22N2O.2ClH/c1-10(2,3)9(13)8-12-6-4-11-5-7-12;;/h9,11,13H,4-8H2,1-3H3;2*1H. The summed E-state index contributed by atoms with van der Waals surface area (Å²) in [7, 11) is 0.